The molecule has 108 valence electrons. The van der Waals surface area contributed by atoms with Crippen LogP contribution in [-0.4, -0.2) is 11.5 Å². The zero-order valence-corrected chi connectivity index (χ0v) is 13.6. The van der Waals surface area contributed by atoms with Gasteiger partial charge < -0.3 is 9.73 Å². The lowest BCUT2D eigenvalue weighted by Gasteiger charge is -2.14. The predicted octanol–water partition coefficient (Wildman–Crippen LogP) is 4.41. The maximum Gasteiger partial charge on any atom is 0.433 e. The summed E-state index contributed by atoms with van der Waals surface area (Å²) in [6.07, 6.45) is 0.977. The molecule has 1 atom stereocenters. The Bertz CT molecular complexity index is 589. The maximum atomic E-state index is 10.7. The predicted molar refractivity (Wildman–Crippen MR) is 82.3 cm³/mol. The molecule has 2 heterocycles. The second-order valence-electron chi connectivity index (χ2n) is 4.43. The highest BCUT2D eigenvalue weighted by Gasteiger charge is 2.23. The van der Waals surface area contributed by atoms with Crippen LogP contribution >= 0.6 is 27.3 Å². The zero-order valence-electron chi connectivity index (χ0n) is 11.2. The Labute approximate surface area is 129 Å². The van der Waals surface area contributed by atoms with Crippen molar-refractivity contribution in [3.63, 3.8) is 0 Å². The molecule has 2 aromatic heterocycles. The van der Waals surface area contributed by atoms with E-state index in [1.165, 1.54) is 6.07 Å². The number of rotatable bonds is 6. The normalized spacial score (nSPS) is 12.6. The Balaban J connectivity index is 2.33. The van der Waals surface area contributed by atoms with Gasteiger partial charge in [-0.2, -0.15) is 0 Å². The van der Waals surface area contributed by atoms with E-state index in [9.17, 15) is 10.1 Å². The summed E-state index contributed by atoms with van der Waals surface area (Å²) in [5, 5.41) is 14.1. The average Bonchev–Trinajstić information content (AvgIpc) is 2.99. The molecule has 0 aliphatic carbocycles. The zero-order chi connectivity index (χ0) is 14.7. The average molecular weight is 359 g/mol. The topological polar surface area (TPSA) is 68.3 Å². The standard InChI is InChI=1S/C13H15BrN2O3S/c1-3-6-15-12(10-7-8(2)13(14)20-10)9-4-5-11(19-9)16(17)18/h4-5,7,12,15H,3,6H2,1-2H3. The number of nitro groups is 1. The lowest BCUT2D eigenvalue weighted by atomic mass is 10.1. The first-order valence-corrected chi connectivity index (χ1v) is 7.87. The third-order valence-electron chi connectivity index (χ3n) is 2.84. The van der Waals surface area contributed by atoms with E-state index in [1.807, 2.05) is 6.92 Å². The lowest BCUT2D eigenvalue weighted by molar-refractivity contribution is -0.402. The Morgan fingerprint density at radius 1 is 1.55 bits per heavy atom. The molecule has 0 saturated carbocycles. The molecule has 1 N–H and O–H groups in total. The number of nitrogens with one attached hydrogen (secondary N) is 1. The van der Waals surface area contributed by atoms with Gasteiger partial charge in [-0.3, -0.25) is 10.1 Å². The van der Waals surface area contributed by atoms with Gasteiger partial charge in [0.25, 0.3) is 0 Å². The molecule has 0 aromatic carbocycles. The van der Waals surface area contributed by atoms with Crippen molar-refractivity contribution in [3.05, 3.63) is 48.3 Å². The minimum atomic E-state index is -0.518. The third-order valence-corrected chi connectivity index (χ3v) is 5.04. The molecule has 7 heteroatoms. The van der Waals surface area contributed by atoms with E-state index in [2.05, 4.69) is 34.2 Å². The van der Waals surface area contributed by atoms with Crippen LogP contribution in [0.15, 0.2) is 26.4 Å². The molecule has 2 rings (SSSR count). The lowest BCUT2D eigenvalue weighted by Crippen LogP contribution is -2.21. The van der Waals surface area contributed by atoms with E-state index < -0.39 is 4.92 Å². The molecule has 0 amide bonds. The summed E-state index contributed by atoms with van der Waals surface area (Å²) in [5.41, 5.74) is 1.15. The van der Waals surface area contributed by atoms with Crippen LogP contribution in [0.1, 0.15) is 35.6 Å². The van der Waals surface area contributed by atoms with E-state index in [0.717, 1.165) is 27.2 Å². The minimum absolute atomic E-state index is 0.154. The molecule has 0 aliphatic rings. The van der Waals surface area contributed by atoms with Gasteiger partial charge in [-0.15, -0.1) is 11.3 Å². The Kier molecular flexibility index (Phi) is 4.95. The first-order chi connectivity index (χ1) is 9.52. The van der Waals surface area contributed by atoms with Crippen LogP contribution in [0.5, 0.6) is 0 Å². The third kappa shape index (κ3) is 3.28. The summed E-state index contributed by atoms with van der Waals surface area (Å²) in [7, 11) is 0. The van der Waals surface area contributed by atoms with Crippen molar-refractivity contribution in [3.8, 4) is 0 Å². The number of thiophene rings is 1. The van der Waals surface area contributed by atoms with Gasteiger partial charge >= 0.3 is 5.88 Å². The maximum absolute atomic E-state index is 10.7. The SMILES string of the molecule is CCCNC(c1ccc([N+](=O)[O-])o1)c1cc(C)c(Br)s1. The summed E-state index contributed by atoms with van der Waals surface area (Å²) in [4.78, 5) is 11.3. The monoisotopic (exact) mass is 358 g/mol. The largest absolute Gasteiger partial charge is 0.433 e. The van der Waals surface area contributed by atoms with Crippen molar-refractivity contribution in [1.29, 1.82) is 0 Å². The first kappa shape index (κ1) is 15.2. The summed E-state index contributed by atoms with van der Waals surface area (Å²) in [6, 6.07) is 4.97. The summed E-state index contributed by atoms with van der Waals surface area (Å²) >= 11 is 5.12. The summed E-state index contributed by atoms with van der Waals surface area (Å²) < 4.78 is 6.40. The number of aryl methyl sites for hydroxylation is 1. The van der Waals surface area contributed by atoms with E-state index in [-0.39, 0.29) is 11.9 Å². The Morgan fingerprint density at radius 3 is 2.80 bits per heavy atom. The first-order valence-electron chi connectivity index (χ1n) is 6.26. The van der Waals surface area contributed by atoms with E-state index >= 15 is 0 Å². The minimum Gasteiger partial charge on any atom is -0.404 e. The van der Waals surface area contributed by atoms with E-state index in [4.69, 9.17) is 4.42 Å². The fraction of sp³-hybridized carbons (Fsp3) is 0.385. The highest BCUT2D eigenvalue weighted by molar-refractivity contribution is 9.11. The van der Waals surface area contributed by atoms with Crippen molar-refractivity contribution < 1.29 is 9.34 Å². The van der Waals surface area contributed by atoms with Crippen molar-refractivity contribution in [1.82, 2.24) is 5.32 Å². The van der Waals surface area contributed by atoms with Crippen LogP contribution in [0.4, 0.5) is 5.88 Å². The van der Waals surface area contributed by atoms with Crippen LogP contribution in [0.3, 0.4) is 0 Å². The molecule has 0 aliphatic heterocycles. The van der Waals surface area contributed by atoms with Gasteiger partial charge in [0.1, 0.15) is 16.7 Å². The molecule has 5 nitrogen and oxygen atoms in total. The fourth-order valence-corrected chi connectivity index (χ4v) is 3.51. The number of hydrogen-bond donors (Lipinski definition) is 1. The van der Waals surface area contributed by atoms with Gasteiger partial charge in [0.2, 0.25) is 0 Å². The van der Waals surface area contributed by atoms with Gasteiger partial charge in [-0.1, -0.05) is 6.92 Å². The Morgan fingerprint density at radius 2 is 2.30 bits per heavy atom. The van der Waals surface area contributed by atoms with E-state index in [1.54, 1.807) is 17.4 Å². The van der Waals surface area contributed by atoms with Crippen LogP contribution in [0, 0.1) is 17.0 Å². The smallest absolute Gasteiger partial charge is 0.404 e. The van der Waals surface area contributed by atoms with Crippen molar-refractivity contribution in [2.45, 2.75) is 26.3 Å². The molecule has 20 heavy (non-hydrogen) atoms. The van der Waals surface area contributed by atoms with Gasteiger partial charge in [-0.05, 0) is 53.5 Å². The van der Waals surface area contributed by atoms with Gasteiger partial charge in [0.15, 0.2) is 0 Å². The molecular formula is C13H15BrN2O3S. The van der Waals surface area contributed by atoms with Gasteiger partial charge in [-0.25, -0.2) is 0 Å². The van der Waals surface area contributed by atoms with E-state index in [0.29, 0.717) is 5.76 Å². The van der Waals surface area contributed by atoms with Gasteiger partial charge in [0.05, 0.1) is 9.85 Å². The number of halogens is 1. The fourth-order valence-electron chi connectivity index (χ4n) is 1.85. The molecule has 0 saturated heterocycles. The highest BCUT2D eigenvalue weighted by Crippen LogP contribution is 2.35. The molecular weight excluding hydrogens is 344 g/mol. The Hall–Kier alpha value is -1.18. The van der Waals surface area contributed by atoms with Crippen LogP contribution in [0.2, 0.25) is 0 Å². The molecule has 0 spiro atoms. The second-order valence-corrected chi connectivity index (χ2v) is 6.83. The van der Waals surface area contributed by atoms with Crippen molar-refractivity contribution >= 4 is 33.2 Å². The molecule has 1 unspecified atom stereocenters. The van der Waals surface area contributed by atoms with Crippen LogP contribution < -0.4 is 5.32 Å². The molecule has 0 radical (unpaired) electrons. The number of hydrogen-bond acceptors (Lipinski definition) is 5. The highest BCUT2D eigenvalue weighted by atomic mass is 79.9. The second kappa shape index (κ2) is 6.51. The van der Waals surface area contributed by atoms with Crippen molar-refractivity contribution in [2.75, 3.05) is 6.54 Å². The molecule has 0 fully saturated rings. The van der Waals surface area contributed by atoms with Crippen LogP contribution in [-0.2, 0) is 0 Å². The molecule has 0 bridgehead atoms. The number of furan rings is 1. The number of nitrogens with zero attached hydrogens (tertiary/aromatic N) is 1. The van der Waals surface area contributed by atoms with Crippen LogP contribution in [0.25, 0.3) is 0 Å². The van der Waals surface area contributed by atoms with Gasteiger partial charge in [0, 0.05) is 4.88 Å². The quantitative estimate of drug-likeness (QED) is 0.613. The molecule has 2 aromatic rings. The van der Waals surface area contributed by atoms with Crippen molar-refractivity contribution in [2.24, 2.45) is 0 Å². The summed E-state index contributed by atoms with van der Waals surface area (Å²) in [5.74, 6) is 0.342. The summed E-state index contributed by atoms with van der Waals surface area (Å²) in [6.45, 7) is 4.91.